The Kier molecular flexibility index (Phi) is 4.44. The Morgan fingerprint density at radius 2 is 1.81 bits per heavy atom. The van der Waals surface area contributed by atoms with Crippen LogP contribution in [-0.4, -0.2) is 19.1 Å². The van der Waals surface area contributed by atoms with Crippen LogP contribution in [0.25, 0.3) is 11.4 Å². The zero-order valence-corrected chi connectivity index (χ0v) is 11.9. The summed E-state index contributed by atoms with van der Waals surface area (Å²) in [4.78, 5) is 6.61. The summed E-state index contributed by atoms with van der Waals surface area (Å²) in [7, 11) is 6.05. The smallest absolute Gasteiger partial charge is 0.345 e. The Bertz CT molecular complexity index is 454. The van der Waals surface area contributed by atoms with E-state index in [4.69, 9.17) is 0 Å². The van der Waals surface area contributed by atoms with E-state index in [0.29, 0.717) is 0 Å². The minimum absolute atomic E-state index is 0. The Labute approximate surface area is 110 Å². The normalized spacial score (nSPS) is 9.69. The molecule has 0 saturated carbocycles. The second-order valence-corrected chi connectivity index (χ2v) is 4.66. The Morgan fingerprint density at radius 1 is 1.19 bits per heavy atom. The highest BCUT2D eigenvalue weighted by Crippen LogP contribution is 2.19. The molecule has 0 aliphatic rings. The standard InChI is InChI=1S/C11H14N3S.BrH/c1-13(2)11-12-10(14(3)15-11)9-7-5-4-6-8-9;/h4-8H,1-3H3;1H/q+1;/p-1. The lowest BCUT2D eigenvalue weighted by Crippen LogP contribution is -3.00. The van der Waals surface area contributed by atoms with Crippen LogP contribution in [0.3, 0.4) is 0 Å². The van der Waals surface area contributed by atoms with Crippen molar-refractivity contribution < 1.29 is 20.9 Å². The minimum atomic E-state index is 0. The molecular formula is C11H14BrN3S. The van der Waals surface area contributed by atoms with E-state index in [1.807, 2.05) is 44.2 Å². The molecule has 1 aromatic carbocycles. The van der Waals surface area contributed by atoms with Gasteiger partial charge >= 0.3 is 11.0 Å². The fourth-order valence-corrected chi connectivity index (χ4v) is 2.13. The van der Waals surface area contributed by atoms with Gasteiger partial charge in [0, 0.05) is 14.1 Å². The molecule has 0 aliphatic heterocycles. The first-order valence-electron chi connectivity index (χ1n) is 4.78. The molecule has 0 fully saturated rings. The van der Waals surface area contributed by atoms with E-state index in [-0.39, 0.29) is 17.0 Å². The van der Waals surface area contributed by atoms with Crippen molar-refractivity contribution in [3.8, 4) is 11.4 Å². The van der Waals surface area contributed by atoms with Gasteiger partial charge in [0.1, 0.15) is 11.5 Å². The monoisotopic (exact) mass is 299 g/mol. The number of aryl methyl sites for hydroxylation is 1. The van der Waals surface area contributed by atoms with Gasteiger partial charge in [-0.3, -0.25) is 0 Å². The Balaban J connectivity index is 0.00000128. The van der Waals surface area contributed by atoms with E-state index < -0.39 is 0 Å². The van der Waals surface area contributed by atoms with Crippen molar-refractivity contribution in [3.05, 3.63) is 30.3 Å². The van der Waals surface area contributed by atoms with E-state index in [9.17, 15) is 0 Å². The van der Waals surface area contributed by atoms with Gasteiger partial charge in [0.15, 0.2) is 0 Å². The van der Waals surface area contributed by atoms with Crippen LogP contribution in [0.1, 0.15) is 0 Å². The SMILES string of the molecule is CN(C)c1nc(-c2ccccc2)[n+](C)s1.[Br-]. The number of aromatic nitrogens is 2. The van der Waals surface area contributed by atoms with Gasteiger partial charge in [0.2, 0.25) is 0 Å². The average Bonchev–Trinajstić information content (AvgIpc) is 2.62. The number of halogens is 1. The second-order valence-electron chi connectivity index (χ2n) is 3.57. The molecule has 2 rings (SSSR count). The highest BCUT2D eigenvalue weighted by Gasteiger charge is 2.20. The molecule has 0 saturated heterocycles. The Hall–Kier alpha value is -0.940. The van der Waals surface area contributed by atoms with Crippen molar-refractivity contribution in [1.29, 1.82) is 0 Å². The van der Waals surface area contributed by atoms with Crippen LogP contribution < -0.4 is 25.8 Å². The molecule has 0 amide bonds. The molecule has 1 heterocycles. The lowest BCUT2D eigenvalue weighted by molar-refractivity contribution is -0.591. The van der Waals surface area contributed by atoms with E-state index in [1.54, 1.807) is 11.5 Å². The number of rotatable bonds is 2. The molecule has 0 N–H and O–H groups in total. The van der Waals surface area contributed by atoms with Crippen molar-refractivity contribution >= 4 is 16.7 Å². The van der Waals surface area contributed by atoms with Crippen LogP contribution >= 0.6 is 11.5 Å². The van der Waals surface area contributed by atoms with Crippen LogP contribution in [0.2, 0.25) is 0 Å². The van der Waals surface area contributed by atoms with E-state index >= 15 is 0 Å². The summed E-state index contributed by atoms with van der Waals surface area (Å²) < 4.78 is 2.09. The largest absolute Gasteiger partial charge is 1.00 e. The number of hydrogen-bond acceptors (Lipinski definition) is 3. The number of hydrogen-bond donors (Lipinski definition) is 0. The molecule has 0 spiro atoms. The summed E-state index contributed by atoms with van der Waals surface area (Å²) >= 11 is 1.65. The molecule has 0 radical (unpaired) electrons. The molecule has 86 valence electrons. The highest BCUT2D eigenvalue weighted by molar-refractivity contribution is 7.06. The van der Waals surface area contributed by atoms with Crippen molar-refractivity contribution in [2.24, 2.45) is 7.05 Å². The van der Waals surface area contributed by atoms with Crippen LogP contribution in [-0.2, 0) is 7.05 Å². The van der Waals surface area contributed by atoms with Gasteiger partial charge in [-0.1, -0.05) is 18.2 Å². The van der Waals surface area contributed by atoms with Crippen LogP contribution in [0, 0.1) is 0 Å². The summed E-state index contributed by atoms with van der Waals surface area (Å²) in [5.41, 5.74) is 1.16. The first-order valence-corrected chi connectivity index (χ1v) is 5.56. The molecule has 1 aromatic heterocycles. The van der Waals surface area contributed by atoms with Crippen LogP contribution in [0.15, 0.2) is 30.3 Å². The average molecular weight is 300 g/mol. The first kappa shape index (κ1) is 13.1. The molecule has 0 unspecified atom stereocenters. The summed E-state index contributed by atoms with van der Waals surface area (Å²) in [6.45, 7) is 0. The molecule has 16 heavy (non-hydrogen) atoms. The lowest BCUT2D eigenvalue weighted by atomic mass is 10.2. The fraction of sp³-hybridized carbons (Fsp3) is 0.273. The molecule has 5 heteroatoms. The van der Waals surface area contributed by atoms with Crippen LogP contribution in [0.5, 0.6) is 0 Å². The molecule has 3 nitrogen and oxygen atoms in total. The number of benzene rings is 1. The molecule has 2 aromatic rings. The fourth-order valence-electron chi connectivity index (χ4n) is 1.36. The van der Waals surface area contributed by atoms with Crippen molar-refractivity contribution in [2.45, 2.75) is 0 Å². The van der Waals surface area contributed by atoms with Crippen molar-refractivity contribution in [3.63, 3.8) is 0 Å². The topological polar surface area (TPSA) is 20.0 Å². The zero-order valence-electron chi connectivity index (χ0n) is 9.51. The maximum atomic E-state index is 4.59. The van der Waals surface area contributed by atoms with E-state index in [1.165, 1.54) is 0 Å². The van der Waals surface area contributed by atoms with Gasteiger partial charge in [0.25, 0.3) is 0 Å². The third-order valence-electron chi connectivity index (χ3n) is 2.13. The molecule has 0 bridgehead atoms. The van der Waals surface area contributed by atoms with Crippen molar-refractivity contribution in [2.75, 3.05) is 19.0 Å². The zero-order chi connectivity index (χ0) is 10.8. The minimum Gasteiger partial charge on any atom is -1.00 e. The van der Waals surface area contributed by atoms with Gasteiger partial charge in [-0.05, 0) is 17.1 Å². The summed E-state index contributed by atoms with van der Waals surface area (Å²) in [6, 6.07) is 10.2. The van der Waals surface area contributed by atoms with Gasteiger partial charge in [0.05, 0.1) is 12.6 Å². The molecule has 0 aliphatic carbocycles. The molecule has 0 atom stereocenters. The van der Waals surface area contributed by atoms with Crippen molar-refractivity contribution in [1.82, 2.24) is 4.98 Å². The third-order valence-corrected chi connectivity index (χ3v) is 3.20. The summed E-state index contributed by atoms with van der Waals surface area (Å²) in [5.74, 6) is 1.02. The van der Waals surface area contributed by atoms with Gasteiger partial charge in [-0.25, -0.2) is 0 Å². The van der Waals surface area contributed by atoms with Gasteiger partial charge < -0.3 is 21.9 Å². The van der Waals surface area contributed by atoms with E-state index in [0.717, 1.165) is 16.5 Å². The lowest BCUT2D eigenvalue weighted by Gasteiger charge is -1.98. The summed E-state index contributed by atoms with van der Waals surface area (Å²) in [5, 5.41) is 1.02. The first-order chi connectivity index (χ1) is 7.18. The van der Waals surface area contributed by atoms with Gasteiger partial charge in [-0.2, -0.15) is 3.96 Å². The maximum absolute atomic E-state index is 4.59. The highest BCUT2D eigenvalue weighted by atomic mass is 79.9. The predicted molar refractivity (Wildman–Crippen MR) is 63.1 cm³/mol. The number of nitrogens with zero attached hydrogens (tertiary/aromatic N) is 3. The van der Waals surface area contributed by atoms with Gasteiger partial charge in [-0.15, -0.1) is 0 Å². The predicted octanol–water partition coefficient (Wildman–Crippen LogP) is -1.30. The number of anilines is 1. The summed E-state index contributed by atoms with van der Waals surface area (Å²) in [6.07, 6.45) is 0. The molecular weight excluding hydrogens is 286 g/mol. The van der Waals surface area contributed by atoms with Crippen LogP contribution in [0.4, 0.5) is 5.13 Å². The van der Waals surface area contributed by atoms with E-state index in [2.05, 4.69) is 21.1 Å². The quantitative estimate of drug-likeness (QED) is 0.643. The second kappa shape index (κ2) is 5.41. The third kappa shape index (κ3) is 2.59. The Morgan fingerprint density at radius 3 is 2.31 bits per heavy atom. The maximum Gasteiger partial charge on any atom is 0.345 e.